The van der Waals surface area contributed by atoms with E-state index in [1.165, 1.54) is 26.0 Å². The summed E-state index contributed by atoms with van der Waals surface area (Å²) in [6.07, 6.45) is 0. The lowest BCUT2D eigenvalue weighted by Crippen LogP contribution is -2.41. The number of ether oxygens (including phenoxy) is 4. The first-order valence-corrected chi connectivity index (χ1v) is 23.6. The van der Waals surface area contributed by atoms with Crippen molar-refractivity contribution >= 4 is 27.9 Å². The van der Waals surface area contributed by atoms with Crippen molar-refractivity contribution in [3.05, 3.63) is 167 Å². The topological polar surface area (TPSA) is 169 Å². The lowest BCUT2D eigenvalue weighted by Gasteiger charge is -2.28. The van der Waals surface area contributed by atoms with Crippen LogP contribution in [0.25, 0.3) is 22.3 Å². The quantitative estimate of drug-likeness (QED) is 0.0698. The number of sulfonamides is 1. The molecule has 0 spiro atoms. The fraction of sp³-hybridized carbons (Fsp3) is 0.264. The second-order valence-corrected chi connectivity index (χ2v) is 19.3. The first kappa shape index (κ1) is 54.5. The van der Waals surface area contributed by atoms with E-state index in [2.05, 4.69) is 0 Å². The van der Waals surface area contributed by atoms with Crippen LogP contribution in [0.15, 0.2) is 121 Å². The van der Waals surface area contributed by atoms with Crippen molar-refractivity contribution in [3.63, 3.8) is 0 Å². The van der Waals surface area contributed by atoms with Gasteiger partial charge < -0.3 is 34.1 Å². The van der Waals surface area contributed by atoms with Crippen LogP contribution in [0.1, 0.15) is 49.9 Å². The van der Waals surface area contributed by atoms with E-state index in [0.717, 1.165) is 45.3 Å². The molecule has 0 radical (unpaired) electrons. The Bertz CT molecular complexity index is 2930. The van der Waals surface area contributed by atoms with E-state index in [1.54, 1.807) is 93.6 Å². The molecule has 0 aliphatic rings. The number of aliphatic carboxylic acids is 2. The Morgan fingerprint density at radius 2 is 0.958 bits per heavy atom. The Morgan fingerprint density at radius 3 is 1.34 bits per heavy atom. The van der Waals surface area contributed by atoms with Gasteiger partial charge in [0.1, 0.15) is 49.3 Å². The summed E-state index contributed by atoms with van der Waals surface area (Å²) in [5, 5.41) is 18.3. The molecule has 0 aliphatic carbocycles. The SMILES string of the molecule is CCS(=O)(=O)N(CC(=O)O)Cc1cccc(COc2ccc(-c3cc(F)c(F)cc3OC)cc2)c1.COc1cc(F)c(F)cc1-c1ccc(OCc2cccc(CN(CC(=O)O)C(=O)C(C)(C)C)c2)cc1. The summed E-state index contributed by atoms with van der Waals surface area (Å²) in [5.41, 5.74) is 4.40. The van der Waals surface area contributed by atoms with Gasteiger partial charge in [-0.25, -0.2) is 26.0 Å². The van der Waals surface area contributed by atoms with Crippen LogP contribution < -0.4 is 18.9 Å². The third-order valence-corrected chi connectivity index (χ3v) is 12.4. The van der Waals surface area contributed by atoms with Crippen molar-refractivity contribution < 1.29 is 69.5 Å². The van der Waals surface area contributed by atoms with Crippen molar-refractivity contribution in [2.24, 2.45) is 5.41 Å². The minimum Gasteiger partial charge on any atom is -0.496 e. The summed E-state index contributed by atoms with van der Waals surface area (Å²) < 4.78 is 102. The van der Waals surface area contributed by atoms with Crippen LogP contribution >= 0.6 is 0 Å². The summed E-state index contributed by atoms with van der Waals surface area (Å²) in [6, 6.07) is 32.2. The fourth-order valence-electron chi connectivity index (χ4n) is 7.12. The zero-order valence-electron chi connectivity index (χ0n) is 39.9. The van der Waals surface area contributed by atoms with Crippen LogP contribution in [0.5, 0.6) is 23.0 Å². The molecule has 0 atom stereocenters. The number of amides is 1. The second-order valence-electron chi connectivity index (χ2n) is 17.1. The van der Waals surface area contributed by atoms with E-state index in [0.29, 0.717) is 39.3 Å². The van der Waals surface area contributed by atoms with E-state index in [1.807, 2.05) is 24.3 Å². The lowest BCUT2D eigenvalue weighted by atomic mass is 9.94. The highest BCUT2D eigenvalue weighted by Crippen LogP contribution is 2.35. The number of hydrogen-bond acceptors (Lipinski definition) is 9. The molecule has 0 bridgehead atoms. The summed E-state index contributed by atoms with van der Waals surface area (Å²) in [7, 11) is -0.925. The summed E-state index contributed by atoms with van der Waals surface area (Å²) >= 11 is 0. The molecule has 0 aliphatic heterocycles. The van der Waals surface area contributed by atoms with Gasteiger partial charge in [0.2, 0.25) is 15.9 Å². The fourth-order valence-corrected chi connectivity index (χ4v) is 8.14. The molecular weight excluding hydrogens is 949 g/mol. The summed E-state index contributed by atoms with van der Waals surface area (Å²) in [5.74, 6) is -5.13. The average Bonchev–Trinajstić information content (AvgIpc) is 3.33. The van der Waals surface area contributed by atoms with Crippen LogP contribution in [0.2, 0.25) is 0 Å². The van der Waals surface area contributed by atoms with Crippen LogP contribution in [0, 0.1) is 28.7 Å². The van der Waals surface area contributed by atoms with Gasteiger partial charge in [-0.3, -0.25) is 14.4 Å². The number of carbonyl (C=O) groups is 3. The Hall–Kier alpha value is -7.44. The van der Waals surface area contributed by atoms with Gasteiger partial charge >= 0.3 is 11.9 Å². The Balaban J connectivity index is 0.000000264. The molecule has 0 saturated carbocycles. The first-order valence-electron chi connectivity index (χ1n) is 22.0. The molecule has 0 aromatic heterocycles. The molecule has 6 aromatic rings. The maximum Gasteiger partial charge on any atom is 0.323 e. The number of carboxylic acid groups (broad SMARTS) is 2. The van der Waals surface area contributed by atoms with Gasteiger partial charge in [0.05, 0.1) is 20.0 Å². The van der Waals surface area contributed by atoms with Gasteiger partial charge in [-0.1, -0.05) is 93.6 Å². The molecule has 2 N–H and O–H groups in total. The Kier molecular flexibility index (Phi) is 18.7. The lowest BCUT2D eigenvalue weighted by molar-refractivity contribution is -0.148. The Labute approximate surface area is 409 Å². The summed E-state index contributed by atoms with van der Waals surface area (Å²) in [6.45, 7) is 6.24. The van der Waals surface area contributed by atoms with Gasteiger partial charge in [0, 0.05) is 41.8 Å². The number of benzene rings is 6. The molecular formula is C53H54F4N2O11S. The molecule has 71 heavy (non-hydrogen) atoms. The largest absolute Gasteiger partial charge is 0.496 e. The average molecular weight is 1000 g/mol. The Morgan fingerprint density at radius 1 is 0.563 bits per heavy atom. The highest BCUT2D eigenvalue weighted by atomic mass is 32.2. The molecule has 13 nitrogen and oxygen atoms in total. The number of nitrogens with zero attached hydrogens (tertiary/aromatic N) is 2. The van der Waals surface area contributed by atoms with Crippen LogP contribution in [0.4, 0.5) is 17.6 Å². The van der Waals surface area contributed by atoms with Crippen LogP contribution in [-0.2, 0) is 50.7 Å². The predicted octanol–water partition coefficient (Wildman–Crippen LogP) is 10.1. The van der Waals surface area contributed by atoms with E-state index >= 15 is 0 Å². The third-order valence-electron chi connectivity index (χ3n) is 10.7. The number of carboxylic acids is 2. The first-order chi connectivity index (χ1) is 33.6. The van der Waals surface area contributed by atoms with Gasteiger partial charge in [-0.05, 0) is 76.7 Å². The standard InChI is InChI=1S/C28H29F2NO5.C25H25F2NO6S/c1-28(2,3)27(34)31(16-26(32)33)15-18-6-5-7-19(12-18)17-36-21-10-8-20(9-11-21)22-13-23(29)24(30)14-25(22)35-4;1-3-35(31,32)28(15-25(29)30)14-17-5-4-6-18(11-17)16-34-20-9-7-19(8-10-20)21-12-22(26)23(27)13-24(21)33-2/h5-14H,15-17H2,1-4H3,(H,32,33);4-13H,3,14-16H2,1-2H3,(H,29,30). The molecule has 6 rings (SSSR count). The van der Waals surface area contributed by atoms with Gasteiger partial charge in [-0.2, -0.15) is 4.31 Å². The smallest absolute Gasteiger partial charge is 0.323 e. The van der Waals surface area contributed by atoms with Crippen LogP contribution in [0.3, 0.4) is 0 Å². The number of rotatable bonds is 20. The minimum atomic E-state index is -3.69. The maximum atomic E-state index is 13.7. The van der Waals surface area contributed by atoms with E-state index < -0.39 is 57.2 Å². The number of halogens is 4. The molecule has 18 heteroatoms. The monoisotopic (exact) mass is 1000 g/mol. The zero-order chi connectivity index (χ0) is 52.0. The van der Waals surface area contributed by atoms with Crippen molar-refractivity contribution in [3.8, 4) is 45.3 Å². The number of hydrogen-bond donors (Lipinski definition) is 2. The van der Waals surface area contributed by atoms with Crippen molar-refractivity contribution in [2.75, 3.05) is 33.1 Å². The molecule has 0 saturated heterocycles. The molecule has 0 fully saturated rings. The zero-order valence-corrected chi connectivity index (χ0v) is 40.7. The molecule has 376 valence electrons. The summed E-state index contributed by atoms with van der Waals surface area (Å²) in [4.78, 5) is 36.4. The molecule has 0 heterocycles. The number of methoxy groups -OCH3 is 2. The molecule has 0 unspecified atom stereocenters. The van der Waals surface area contributed by atoms with Crippen molar-refractivity contribution in [1.29, 1.82) is 0 Å². The second kappa shape index (κ2) is 24.4. The van der Waals surface area contributed by atoms with Crippen LogP contribution in [-0.4, -0.2) is 78.7 Å². The maximum absolute atomic E-state index is 13.7. The van der Waals surface area contributed by atoms with E-state index in [-0.39, 0.29) is 56.0 Å². The van der Waals surface area contributed by atoms with Gasteiger partial charge in [-0.15, -0.1) is 0 Å². The van der Waals surface area contributed by atoms with Gasteiger partial charge in [0.15, 0.2) is 23.3 Å². The van der Waals surface area contributed by atoms with Gasteiger partial charge in [0.25, 0.3) is 0 Å². The predicted molar refractivity (Wildman–Crippen MR) is 258 cm³/mol. The van der Waals surface area contributed by atoms with E-state index in [9.17, 15) is 45.5 Å². The number of carbonyl (C=O) groups excluding carboxylic acids is 1. The van der Waals surface area contributed by atoms with Crippen molar-refractivity contribution in [2.45, 2.75) is 54.0 Å². The van der Waals surface area contributed by atoms with E-state index in [4.69, 9.17) is 24.1 Å². The van der Waals surface area contributed by atoms with Crippen molar-refractivity contribution in [1.82, 2.24) is 9.21 Å². The third kappa shape index (κ3) is 15.5. The normalized spacial score (nSPS) is 11.3. The highest BCUT2D eigenvalue weighted by molar-refractivity contribution is 7.89. The minimum absolute atomic E-state index is 0.0684. The highest BCUT2D eigenvalue weighted by Gasteiger charge is 2.29. The molecule has 6 aromatic carbocycles. The molecule has 1 amide bonds.